The van der Waals surface area contributed by atoms with Gasteiger partial charge in [-0.25, -0.2) is 19.9 Å². The first-order chi connectivity index (χ1) is 11.7. The van der Waals surface area contributed by atoms with E-state index in [9.17, 15) is 0 Å². The first-order valence-electron chi connectivity index (χ1n) is 7.73. The molecule has 0 amide bonds. The van der Waals surface area contributed by atoms with Crippen molar-refractivity contribution in [1.82, 2.24) is 24.5 Å². The lowest BCUT2D eigenvalue weighted by Gasteiger charge is -2.13. The molecule has 0 radical (unpaired) electrons. The van der Waals surface area contributed by atoms with Gasteiger partial charge in [0.25, 0.3) is 0 Å². The summed E-state index contributed by atoms with van der Waals surface area (Å²) in [5.74, 6) is 1.89. The Kier molecular flexibility index (Phi) is 4.85. The SMILES string of the molecule is Cc1cccnc1Nc1ncnc(NCCCn2ccnc2)c1N. The van der Waals surface area contributed by atoms with Crippen LogP contribution in [0.25, 0.3) is 0 Å². The second-order valence-corrected chi connectivity index (χ2v) is 5.36. The van der Waals surface area contributed by atoms with Crippen LogP contribution in [0.2, 0.25) is 0 Å². The number of aromatic nitrogens is 5. The average Bonchev–Trinajstić information content (AvgIpc) is 3.10. The second-order valence-electron chi connectivity index (χ2n) is 5.36. The Balaban J connectivity index is 1.61. The normalized spacial score (nSPS) is 10.5. The molecule has 0 fully saturated rings. The Hall–Kier alpha value is -3.16. The highest BCUT2D eigenvalue weighted by atomic mass is 15.1. The van der Waals surface area contributed by atoms with Crippen LogP contribution >= 0.6 is 0 Å². The summed E-state index contributed by atoms with van der Waals surface area (Å²) in [5, 5.41) is 6.40. The summed E-state index contributed by atoms with van der Waals surface area (Å²) in [6.45, 7) is 3.61. The van der Waals surface area contributed by atoms with Crippen LogP contribution in [0.4, 0.5) is 23.1 Å². The number of aryl methyl sites for hydroxylation is 2. The zero-order chi connectivity index (χ0) is 16.8. The van der Waals surface area contributed by atoms with E-state index >= 15 is 0 Å². The summed E-state index contributed by atoms with van der Waals surface area (Å²) in [7, 11) is 0. The molecule has 0 saturated carbocycles. The number of anilines is 4. The van der Waals surface area contributed by atoms with Gasteiger partial charge in [0.2, 0.25) is 0 Å². The molecule has 0 aliphatic carbocycles. The standard InChI is InChI=1S/C16H20N8/c1-12-4-2-5-19-14(12)23-16-13(17)15(21-10-22-16)20-6-3-8-24-9-7-18-11-24/h2,4-5,7,9-11H,3,6,8,17H2,1H3,(H2,19,20,21,22,23). The Morgan fingerprint density at radius 2 is 2.00 bits per heavy atom. The molecule has 3 aromatic rings. The van der Waals surface area contributed by atoms with Gasteiger partial charge >= 0.3 is 0 Å². The molecule has 3 heterocycles. The lowest BCUT2D eigenvalue weighted by atomic mass is 10.3. The molecule has 124 valence electrons. The van der Waals surface area contributed by atoms with Crippen LogP contribution in [0.5, 0.6) is 0 Å². The molecular weight excluding hydrogens is 304 g/mol. The van der Waals surface area contributed by atoms with E-state index in [-0.39, 0.29) is 0 Å². The highest BCUT2D eigenvalue weighted by Gasteiger charge is 2.09. The maximum Gasteiger partial charge on any atom is 0.160 e. The predicted octanol–water partition coefficient (Wildman–Crippen LogP) is 2.20. The molecule has 8 nitrogen and oxygen atoms in total. The quantitative estimate of drug-likeness (QED) is 0.572. The van der Waals surface area contributed by atoms with Crippen molar-refractivity contribution in [3.05, 3.63) is 48.9 Å². The number of hydrogen-bond donors (Lipinski definition) is 3. The zero-order valence-electron chi connectivity index (χ0n) is 13.5. The van der Waals surface area contributed by atoms with Gasteiger partial charge in [0.15, 0.2) is 11.6 Å². The van der Waals surface area contributed by atoms with Crippen molar-refractivity contribution < 1.29 is 0 Å². The molecule has 0 bridgehead atoms. The number of hydrogen-bond acceptors (Lipinski definition) is 7. The maximum absolute atomic E-state index is 6.17. The van der Waals surface area contributed by atoms with Crippen molar-refractivity contribution in [2.75, 3.05) is 22.9 Å². The molecule has 0 aliphatic rings. The van der Waals surface area contributed by atoms with E-state index in [1.54, 1.807) is 18.7 Å². The van der Waals surface area contributed by atoms with Gasteiger partial charge in [0, 0.05) is 31.7 Å². The van der Waals surface area contributed by atoms with Crippen LogP contribution in [0.15, 0.2) is 43.4 Å². The molecule has 0 aliphatic heterocycles. The number of nitrogen functional groups attached to an aromatic ring is 1. The smallest absolute Gasteiger partial charge is 0.160 e. The third-order valence-corrected chi connectivity index (χ3v) is 3.57. The monoisotopic (exact) mass is 324 g/mol. The van der Waals surface area contributed by atoms with E-state index < -0.39 is 0 Å². The van der Waals surface area contributed by atoms with Crippen LogP contribution in [0, 0.1) is 6.92 Å². The third kappa shape index (κ3) is 3.78. The molecule has 0 spiro atoms. The van der Waals surface area contributed by atoms with Crippen LogP contribution in [0.3, 0.4) is 0 Å². The average molecular weight is 324 g/mol. The lowest BCUT2D eigenvalue weighted by molar-refractivity contribution is 0.660. The summed E-state index contributed by atoms with van der Waals surface area (Å²) in [6, 6.07) is 3.86. The molecule has 0 aromatic carbocycles. The van der Waals surface area contributed by atoms with Crippen LogP contribution in [0.1, 0.15) is 12.0 Å². The van der Waals surface area contributed by atoms with Gasteiger partial charge in [-0.2, -0.15) is 0 Å². The Morgan fingerprint density at radius 1 is 1.12 bits per heavy atom. The molecule has 3 rings (SSSR count). The van der Waals surface area contributed by atoms with E-state index in [1.807, 2.05) is 29.8 Å². The van der Waals surface area contributed by atoms with Gasteiger partial charge < -0.3 is 20.9 Å². The number of nitrogens with two attached hydrogens (primary N) is 1. The molecule has 8 heteroatoms. The maximum atomic E-state index is 6.17. The fraction of sp³-hybridized carbons (Fsp3) is 0.250. The first kappa shape index (κ1) is 15.7. The molecule has 0 atom stereocenters. The summed E-state index contributed by atoms with van der Waals surface area (Å²) in [4.78, 5) is 16.7. The summed E-state index contributed by atoms with van der Waals surface area (Å²) < 4.78 is 2.03. The fourth-order valence-corrected chi connectivity index (χ4v) is 2.25. The topological polar surface area (TPSA) is 107 Å². The van der Waals surface area contributed by atoms with Crippen LogP contribution in [-0.2, 0) is 6.54 Å². The van der Waals surface area contributed by atoms with Gasteiger partial charge in [-0.05, 0) is 25.0 Å². The van der Waals surface area contributed by atoms with E-state index in [2.05, 4.69) is 30.6 Å². The Morgan fingerprint density at radius 3 is 2.79 bits per heavy atom. The van der Waals surface area contributed by atoms with Gasteiger partial charge in [0.05, 0.1) is 6.33 Å². The second kappa shape index (κ2) is 7.40. The number of rotatable bonds is 7. The molecule has 4 N–H and O–H groups in total. The van der Waals surface area contributed by atoms with E-state index in [1.165, 1.54) is 6.33 Å². The molecule has 3 aromatic heterocycles. The van der Waals surface area contributed by atoms with Crippen molar-refractivity contribution in [1.29, 1.82) is 0 Å². The number of pyridine rings is 1. The Labute approximate surface area is 140 Å². The van der Waals surface area contributed by atoms with Crippen LogP contribution in [-0.4, -0.2) is 31.0 Å². The largest absolute Gasteiger partial charge is 0.393 e. The minimum Gasteiger partial charge on any atom is -0.393 e. The van der Waals surface area contributed by atoms with E-state index in [0.717, 1.165) is 30.9 Å². The first-order valence-corrected chi connectivity index (χ1v) is 7.73. The Bertz CT molecular complexity index is 785. The van der Waals surface area contributed by atoms with Crippen molar-refractivity contribution >= 4 is 23.1 Å². The zero-order valence-corrected chi connectivity index (χ0v) is 13.5. The highest BCUT2D eigenvalue weighted by Crippen LogP contribution is 2.25. The van der Waals surface area contributed by atoms with Gasteiger partial charge in [0.1, 0.15) is 17.8 Å². The van der Waals surface area contributed by atoms with Crippen molar-refractivity contribution in [2.24, 2.45) is 0 Å². The third-order valence-electron chi connectivity index (χ3n) is 3.57. The van der Waals surface area contributed by atoms with Gasteiger partial charge in [-0.3, -0.25) is 0 Å². The van der Waals surface area contributed by atoms with Gasteiger partial charge in [-0.1, -0.05) is 6.07 Å². The summed E-state index contributed by atoms with van der Waals surface area (Å²) >= 11 is 0. The minimum atomic E-state index is 0.477. The molecule has 0 unspecified atom stereocenters. The fourth-order valence-electron chi connectivity index (χ4n) is 2.25. The lowest BCUT2D eigenvalue weighted by Crippen LogP contribution is -2.11. The van der Waals surface area contributed by atoms with E-state index in [0.29, 0.717) is 17.3 Å². The minimum absolute atomic E-state index is 0.477. The summed E-state index contributed by atoms with van der Waals surface area (Å²) in [5.41, 5.74) is 7.66. The number of imidazole rings is 1. The number of nitrogens with one attached hydrogen (secondary N) is 2. The van der Waals surface area contributed by atoms with Crippen LogP contribution < -0.4 is 16.4 Å². The highest BCUT2D eigenvalue weighted by molar-refractivity contribution is 5.77. The van der Waals surface area contributed by atoms with Gasteiger partial charge in [-0.15, -0.1) is 0 Å². The number of nitrogens with zero attached hydrogens (tertiary/aromatic N) is 5. The molecule has 0 saturated heterocycles. The van der Waals surface area contributed by atoms with Crippen molar-refractivity contribution in [3.63, 3.8) is 0 Å². The molecular formula is C16H20N8. The molecule has 24 heavy (non-hydrogen) atoms. The van der Waals surface area contributed by atoms with Crippen molar-refractivity contribution in [2.45, 2.75) is 19.9 Å². The summed E-state index contributed by atoms with van der Waals surface area (Å²) in [6.07, 6.45) is 9.65. The van der Waals surface area contributed by atoms with Crippen molar-refractivity contribution in [3.8, 4) is 0 Å². The van der Waals surface area contributed by atoms with E-state index in [4.69, 9.17) is 5.73 Å². The predicted molar refractivity (Wildman–Crippen MR) is 94.0 cm³/mol.